The van der Waals surface area contributed by atoms with E-state index in [-0.39, 0.29) is 11.7 Å². The first kappa shape index (κ1) is 14.1. The zero-order valence-electron chi connectivity index (χ0n) is 11.8. The molecule has 0 saturated heterocycles. The Balaban J connectivity index is 1.97. The lowest BCUT2D eigenvalue weighted by atomic mass is 10.1. The Morgan fingerprint density at radius 3 is 2.81 bits per heavy atom. The van der Waals surface area contributed by atoms with Crippen LogP contribution in [0.25, 0.3) is 10.9 Å². The maximum absolute atomic E-state index is 12.4. The van der Waals surface area contributed by atoms with Gasteiger partial charge in [0, 0.05) is 11.4 Å². The Morgan fingerprint density at radius 1 is 1.33 bits per heavy atom. The molecule has 21 heavy (non-hydrogen) atoms. The summed E-state index contributed by atoms with van der Waals surface area (Å²) in [6.45, 7) is 1.55. The van der Waals surface area contributed by atoms with Gasteiger partial charge in [-0.3, -0.25) is 9.59 Å². The average Bonchev–Trinajstić information content (AvgIpc) is 3.28. The van der Waals surface area contributed by atoms with Crippen molar-refractivity contribution in [3.05, 3.63) is 35.9 Å². The van der Waals surface area contributed by atoms with Crippen LogP contribution in [0.1, 0.15) is 30.1 Å². The summed E-state index contributed by atoms with van der Waals surface area (Å²) in [5, 5.41) is 4.57. The number of aromatic nitrogens is 1. The number of pyridine rings is 1. The molecule has 4 nitrogen and oxygen atoms in total. The molecule has 5 heteroatoms. The van der Waals surface area contributed by atoms with Gasteiger partial charge in [0.25, 0.3) is 5.91 Å². The van der Waals surface area contributed by atoms with Crippen LogP contribution >= 0.6 is 11.8 Å². The third-order valence-corrected chi connectivity index (χ3v) is 4.33. The van der Waals surface area contributed by atoms with Gasteiger partial charge in [0.15, 0.2) is 0 Å². The third-order valence-electron chi connectivity index (χ3n) is 3.27. The first-order valence-electron chi connectivity index (χ1n) is 6.96. The number of rotatable bonds is 5. The molecule has 1 aromatic heterocycles. The predicted octanol–water partition coefficient (Wildman–Crippen LogP) is 2.81. The standard InChI is InChI=1S/C16H16N2O2S/c1-10(19)9-21-15-8-13(16(20)17-11-6-7-11)12-4-2-3-5-14(12)18-15/h2-5,8,11H,6-7,9H2,1H3,(H,17,20). The molecule has 1 aliphatic rings. The van der Waals surface area contributed by atoms with E-state index < -0.39 is 0 Å². The summed E-state index contributed by atoms with van der Waals surface area (Å²) in [4.78, 5) is 28.0. The number of ketones is 1. The Morgan fingerprint density at radius 2 is 2.10 bits per heavy atom. The largest absolute Gasteiger partial charge is 0.349 e. The highest BCUT2D eigenvalue weighted by molar-refractivity contribution is 7.99. The van der Waals surface area contributed by atoms with Gasteiger partial charge in [0.1, 0.15) is 5.78 Å². The summed E-state index contributed by atoms with van der Waals surface area (Å²) in [7, 11) is 0. The Hall–Kier alpha value is -1.88. The maximum atomic E-state index is 12.4. The first-order chi connectivity index (χ1) is 10.1. The lowest BCUT2D eigenvalue weighted by Gasteiger charge is -2.09. The van der Waals surface area contributed by atoms with Gasteiger partial charge in [0.05, 0.1) is 21.9 Å². The highest BCUT2D eigenvalue weighted by Crippen LogP contribution is 2.26. The smallest absolute Gasteiger partial charge is 0.252 e. The Bertz CT molecular complexity index is 710. The number of hydrogen-bond acceptors (Lipinski definition) is 4. The number of hydrogen-bond donors (Lipinski definition) is 1. The molecule has 1 aromatic carbocycles. The zero-order chi connectivity index (χ0) is 14.8. The Labute approximate surface area is 127 Å². The number of para-hydroxylation sites is 1. The van der Waals surface area contributed by atoms with E-state index >= 15 is 0 Å². The number of benzene rings is 1. The molecule has 0 bridgehead atoms. The number of thioether (sulfide) groups is 1. The summed E-state index contributed by atoms with van der Waals surface area (Å²) in [6.07, 6.45) is 2.11. The normalized spacial score (nSPS) is 14.1. The minimum absolute atomic E-state index is 0.0548. The second-order valence-electron chi connectivity index (χ2n) is 5.26. The van der Waals surface area contributed by atoms with Crippen molar-refractivity contribution in [2.75, 3.05) is 5.75 Å². The van der Waals surface area contributed by atoms with Crippen LogP contribution in [-0.4, -0.2) is 28.5 Å². The van der Waals surface area contributed by atoms with Crippen LogP contribution in [0.15, 0.2) is 35.4 Å². The maximum Gasteiger partial charge on any atom is 0.252 e. The summed E-state index contributed by atoms with van der Waals surface area (Å²) in [5.41, 5.74) is 1.42. The minimum Gasteiger partial charge on any atom is -0.349 e. The van der Waals surface area contributed by atoms with Crippen LogP contribution in [0, 0.1) is 0 Å². The molecule has 3 rings (SSSR count). The molecule has 2 aromatic rings. The van der Waals surface area contributed by atoms with E-state index in [4.69, 9.17) is 0 Å². The topological polar surface area (TPSA) is 59.1 Å². The summed E-state index contributed by atoms with van der Waals surface area (Å²) >= 11 is 1.37. The molecule has 0 atom stereocenters. The molecular weight excluding hydrogens is 284 g/mol. The van der Waals surface area contributed by atoms with Gasteiger partial charge < -0.3 is 5.32 Å². The van der Waals surface area contributed by atoms with E-state index in [1.807, 2.05) is 24.3 Å². The molecule has 0 spiro atoms. The second-order valence-corrected chi connectivity index (χ2v) is 6.26. The van der Waals surface area contributed by atoms with Crippen molar-refractivity contribution in [3.63, 3.8) is 0 Å². The van der Waals surface area contributed by atoms with Crippen molar-refractivity contribution < 1.29 is 9.59 Å². The van der Waals surface area contributed by atoms with Crippen molar-refractivity contribution in [2.24, 2.45) is 0 Å². The molecule has 1 saturated carbocycles. The van der Waals surface area contributed by atoms with Crippen LogP contribution in [-0.2, 0) is 4.79 Å². The monoisotopic (exact) mass is 300 g/mol. The van der Waals surface area contributed by atoms with Crippen LogP contribution in [0.5, 0.6) is 0 Å². The molecular formula is C16H16N2O2S. The van der Waals surface area contributed by atoms with Crippen molar-refractivity contribution in [2.45, 2.75) is 30.8 Å². The van der Waals surface area contributed by atoms with E-state index in [1.54, 1.807) is 13.0 Å². The highest BCUT2D eigenvalue weighted by atomic mass is 32.2. The fraction of sp³-hybridized carbons (Fsp3) is 0.312. The molecule has 0 unspecified atom stereocenters. The fourth-order valence-electron chi connectivity index (χ4n) is 2.08. The third kappa shape index (κ3) is 3.42. The summed E-state index contributed by atoms with van der Waals surface area (Å²) < 4.78 is 0. The van der Waals surface area contributed by atoms with Gasteiger partial charge in [-0.15, -0.1) is 0 Å². The van der Waals surface area contributed by atoms with Crippen LogP contribution in [0.2, 0.25) is 0 Å². The number of fused-ring (bicyclic) bond motifs is 1. The molecule has 0 radical (unpaired) electrons. The fourth-order valence-corrected chi connectivity index (χ4v) is 2.79. The lowest BCUT2D eigenvalue weighted by Crippen LogP contribution is -2.25. The summed E-state index contributed by atoms with van der Waals surface area (Å²) in [5.74, 6) is 0.411. The zero-order valence-corrected chi connectivity index (χ0v) is 12.6. The molecule has 1 heterocycles. The summed E-state index contributed by atoms with van der Waals surface area (Å²) in [6, 6.07) is 9.70. The Kier molecular flexibility index (Phi) is 3.92. The number of carbonyl (C=O) groups is 2. The quantitative estimate of drug-likeness (QED) is 0.863. The van der Waals surface area contributed by atoms with Crippen molar-refractivity contribution in [1.82, 2.24) is 10.3 Å². The molecule has 0 aliphatic heterocycles. The highest BCUT2D eigenvalue weighted by Gasteiger charge is 2.25. The first-order valence-corrected chi connectivity index (χ1v) is 7.95. The number of carbonyl (C=O) groups excluding carboxylic acids is 2. The van der Waals surface area contributed by atoms with Gasteiger partial charge >= 0.3 is 0 Å². The van der Waals surface area contributed by atoms with E-state index in [9.17, 15) is 9.59 Å². The van der Waals surface area contributed by atoms with E-state index in [1.165, 1.54) is 11.8 Å². The van der Waals surface area contributed by atoms with Crippen LogP contribution < -0.4 is 5.32 Å². The van der Waals surface area contributed by atoms with E-state index in [2.05, 4.69) is 10.3 Å². The number of nitrogens with one attached hydrogen (secondary N) is 1. The van der Waals surface area contributed by atoms with Crippen molar-refractivity contribution in [3.8, 4) is 0 Å². The minimum atomic E-state index is -0.0548. The van der Waals surface area contributed by atoms with Gasteiger partial charge in [-0.25, -0.2) is 4.98 Å². The molecule has 1 fully saturated rings. The van der Waals surface area contributed by atoms with Crippen LogP contribution in [0.4, 0.5) is 0 Å². The van der Waals surface area contributed by atoms with E-state index in [0.717, 1.165) is 23.7 Å². The van der Waals surface area contributed by atoms with Crippen molar-refractivity contribution >= 4 is 34.4 Å². The number of Topliss-reactive ketones (excluding diaryl/α,β-unsaturated/α-hetero) is 1. The van der Waals surface area contributed by atoms with Gasteiger partial charge in [-0.2, -0.15) is 0 Å². The molecule has 1 aliphatic carbocycles. The van der Waals surface area contributed by atoms with Gasteiger partial charge in [-0.1, -0.05) is 30.0 Å². The van der Waals surface area contributed by atoms with E-state index in [0.29, 0.717) is 22.4 Å². The molecule has 1 N–H and O–H groups in total. The molecule has 108 valence electrons. The van der Waals surface area contributed by atoms with Crippen LogP contribution in [0.3, 0.4) is 0 Å². The number of amides is 1. The average molecular weight is 300 g/mol. The number of nitrogens with zero attached hydrogens (tertiary/aromatic N) is 1. The molecule has 1 amide bonds. The predicted molar refractivity (Wildman–Crippen MR) is 83.6 cm³/mol. The second kappa shape index (κ2) is 5.85. The van der Waals surface area contributed by atoms with Gasteiger partial charge in [-0.05, 0) is 31.9 Å². The lowest BCUT2D eigenvalue weighted by molar-refractivity contribution is -0.114. The SMILES string of the molecule is CC(=O)CSc1cc(C(=O)NC2CC2)c2ccccc2n1. The van der Waals surface area contributed by atoms with Gasteiger partial charge in [0.2, 0.25) is 0 Å². The van der Waals surface area contributed by atoms with Crippen molar-refractivity contribution in [1.29, 1.82) is 0 Å².